The van der Waals surface area contributed by atoms with E-state index in [0.29, 0.717) is 25.5 Å². The minimum absolute atomic E-state index is 0. The summed E-state index contributed by atoms with van der Waals surface area (Å²) in [4.78, 5) is 5.66. The number of aliphatic imine (C=N–C) groups is 1. The van der Waals surface area contributed by atoms with Crippen molar-refractivity contribution in [3.63, 3.8) is 0 Å². The van der Waals surface area contributed by atoms with Crippen molar-refractivity contribution < 1.29 is 17.9 Å². The standard InChI is InChI=1S/C14H22F3N3OS.HI/c1-3-18-13(20-9-12-11(2)5-8-22-12)19-6-4-7-21-10-14(15,16)17;/h5,8H,3-4,6-7,9-10H2,1-2H3,(H2,18,19,20);1H. The molecule has 1 heterocycles. The van der Waals surface area contributed by atoms with Crippen LogP contribution in [0.1, 0.15) is 23.8 Å². The Morgan fingerprint density at radius 1 is 1.35 bits per heavy atom. The number of nitrogens with zero attached hydrogens (tertiary/aromatic N) is 1. The topological polar surface area (TPSA) is 45.7 Å². The summed E-state index contributed by atoms with van der Waals surface area (Å²) < 4.78 is 40.2. The van der Waals surface area contributed by atoms with E-state index in [4.69, 9.17) is 0 Å². The first-order valence-electron chi connectivity index (χ1n) is 7.12. The second kappa shape index (κ2) is 11.9. The maximum Gasteiger partial charge on any atom is 0.411 e. The van der Waals surface area contributed by atoms with Crippen LogP contribution in [0.2, 0.25) is 0 Å². The Kier molecular flexibility index (Phi) is 11.6. The second-order valence-electron chi connectivity index (χ2n) is 4.67. The van der Waals surface area contributed by atoms with Crippen LogP contribution >= 0.6 is 35.3 Å². The average Bonchev–Trinajstić information content (AvgIpc) is 2.84. The first-order chi connectivity index (χ1) is 10.4. The molecule has 0 bridgehead atoms. The molecule has 4 nitrogen and oxygen atoms in total. The number of alkyl halides is 3. The number of guanidine groups is 1. The van der Waals surface area contributed by atoms with Crippen molar-refractivity contribution in [3.8, 4) is 0 Å². The van der Waals surface area contributed by atoms with Gasteiger partial charge in [-0.3, -0.25) is 0 Å². The highest BCUT2D eigenvalue weighted by Crippen LogP contribution is 2.16. The van der Waals surface area contributed by atoms with Crippen LogP contribution in [0.25, 0.3) is 0 Å². The fourth-order valence-electron chi connectivity index (χ4n) is 1.63. The molecular weight excluding hydrogens is 442 g/mol. The quantitative estimate of drug-likeness (QED) is 0.267. The molecule has 9 heteroatoms. The third-order valence-electron chi connectivity index (χ3n) is 2.72. The third-order valence-corrected chi connectivity index (χ3v) is 3.72. The SMILES string of the molecule is CCNC(=NCc1sccc1C)NCCCOCC(F)(F)F.I. The lowest BCUT2D eigenvalue weighted by atomic mass is 10.3. The van der Waals surface area contributed by atoms with E-state index in [0.717, 1.165) is 6.54 Å². The smallest absolute Gasteiger partial charge is 0.372 e. The Morgan fingerprint density at radius 3 is 2.65 bits per heavy atom. The molecular formula is C14H23F3IN3OS. The predicted octanol–water partition coefficient (Wildman–Crippen LogP) is 3.70. The zero-order valence-corrected chi connectivity index (χ0v) is 16.4. The van der Waals surface area contributed by atoms with E-state index in [1.807, 2.05) is 25.3 Å². The molecule has 1 aromatic heterocycles. The number of nitrogens with one attached hydrogen (secondary N) is 2. The third kappa shape index (κ3) is 10.8. The number of rotatable bonds is 8. The van der Waals surface area contributed by atoms with E-state index >= 15 is 0 Å². The van der Waals surface area contributed by atoms with Gasteiger partial charge in [0.2, 0.25) is 0 Å². The van der Waals surface area contributed by atoms with Crippen molar-refractivity contribution in [1.82, 2.24) is 10.6 Å². The van der Waals surface area contributed by atoms with Crippen LogP contribution in [0.4, 0.5) is 13.2 Å². The molecule has 0 aliphatic heterocycles. The summed E-state index contributed by atoms with van der Waals surface area (Å²) >= 11 is 1.66. The van der Waals surface area contributed by atoms with Gasteiger partial charge in [0.05, 0.1) is 6.54 Å². The Balaban J connectivity index is 0.00000484. The Hall–Kier alpha value is -0.550. The molecule has 1 rings (SSSR count). The molecule has 0 spiro atoms. The minimum atomic E-state index is -4.26. The lowest BCUT2D eigenvalue weighted by molar-refractivity contribution is -0.173. The summed E-state index contributed by atoms with van der Waals surface area (Å²) in [5.74, 6) is 0.658. The maximum atomic E-state index is 11.9. The highest BCUT2D eigenvalue weighted by atomic mass is 127. The average molecular weight is 465 g/mol. The monoisotopic (exact) mass is 465 g/mol. The highest BCUT2D eigenvalue weighted by Gasteiger charge is 2.27. The van der Waals surface area contributed by atoms with Crippen LogP contribution in [0.5, 0.6) is 0 Å². The number of aryl methyl sites for hydroxylation is 1. The fraction of sp³-hybridized carbons (Fsp3) is 0.643. The molecule has 0 atom stereocenters. The Bertz CT molecular complexity index is 466. The molecule has 0 fully saturated rings. The minimum Gasteiger partial charge on any atom is -0.372 e. The molecule has 0 unspecified atom stereocenters. The van der Waals surface area contributed by atoms with Crippen molar-refractivity contribution in [2.24, 2.45) is 4.99 Å². The number of ether oxygens (including phenoxy) is 1. The molecule has 0 aliphatic carbocycles. The molecule has 0 saturated carbocycles. The molecule has 0 amide bonds. The van der Waals surface area contributed by atoms with Crippen LogP contribution in [0, 0.1) is 6.92 Å². The van der Waals surface area contributed by atoms with Crippen LogP contribution in [0.15, 0.2) is 16.4 Å². The van der Waals surface area contributed by atoms with E-state index in [2.05, 4.69) is 20.4 Å². The van der Waals surface area contributed by atoms with Gasteiger partial charge in [0.25, 0.3) is 0 Å². The van der Waals surface area contributed by atoms with E-state index in [9.17, 15) is 13.2 Å². The van der Waals surface area contributed by atoms with Crippen LogP contribution in [0.3, 0.4) is 0 Å². The van der Waals surface area contributed by atoms with Gasteiger partial charge in [-0.1, -0.05) is 0 Å². The Morgan fingerprint density at radius 2 is 2.09 bits per heavy atom. The molecule has 0 radical (unpaired) electrons. The summed E-state index contributed by atoms with van der Waals surface area (Å²) in [6.07, 6.45) is -3.78. The van der Waals surface area contributed by atoms with E-state index in [1.54, 1.807) is 11.3 Å². The van der Waals surface area contributed by atoms with Gasteiger partial charge in [-0.05, 0) is 37.3 Å². The lowest BCUT2D eigenvalue weighted by Crippen LogP contribution is -2.38. The number of halogens is 4. The van der Waals surface area contributed by atoms with Gasteiger partial charge < -0.3 is 15.4 Å². The molecule has 23 heavy (non-hydrogen) atoms. The predicted molar refractivity (Wildman–Crippen MR) is 98.8 cm³/mol. The van der Waals surface area contributed by atoms with Crippen molar-refractivity contribution >= 4 is 41.3 Å². The summed E-state index contributed by atoms with van der Waals surface area (Å²) in [5, 5.41) is 8.21. The van der Waals surface area contributed by atoms with Gasteiger partial charge in [0.1, 0.15) is 6.61 Å². The van der Waals surface area contributed by atoms with Gasteiger partial charge in [-0.15, -0.1) is 35.3 Å². The molecule has 134 valence electrons. The molecule has 0 saturated heterocycles. The van der Waals surface area contributed by atoms with Crippen LogP contribution in [-0.4, -0.2) is 38.4 Å². The summed E-state index contributed by atoms with van der Waals surface area (Å²) in [6.45, 7) is 4.69. The zero-order valence-electron chi connectivity index (χ0n) is 13.2. The van der Waals surface area contributed by atoms with Crippen molar-refractivity contribution in [1.29, 1.82) is 0 Å². The summed E-state index contributed by atoms with van der Waals surface area (Å²) in [7, 11) is 0. The van der Waals surface area contributed by atoms with Crippen molar-refractivity contribution in [2.45, 2.75) is 33.0 Å². The molecule has 2 N–H and O–H groups in total. The van der Waals surface area contributed by atoms with E-state index in [-0.39, 0.29) is 30.6 Å². The summed E-state index contributed by atoms with van der Waals surface area (Å²) in [5.41, 5.74) is 1.21. The molecule has 0 aliphatic rings. The summed E-state index contributed by atoms with van der Waals surface area (Å²) in [6, 6.07) is 2.05. The number of hydrogen-bond donors (Lipinski definition) is 2. The van der Waals surface area contributed by atoms with E-state index in [1.165, 1.54) is 10.4 Å². The van der Waals surface area contributed by atoms with Crippen LogP contribution in [-0.2, 0) is 11.3 Å². The Labute approximate surface area is 155 Å². The van der Waals surface area contributed by atoms with Crippen molar-refractivity contribution in [3.05, 3.63) is 21.9 Å². The van der Waals surface area contributed by atoms with Gasteiger partial charge in [-0.2, -0.15) is 13.2 Å². The fourth-order valence-corrected chi connectivity index (χ4v) is 2.46. The number of thiophene rings is 1. The number of hydrogen-bond acceptors (Lipinski definition) is 3. The van der Waals surface area contributed by atoms with Gasteiger partial charge >= 0.3 is 6.18 Å². The largest absolute Gasteiger partial charge is 0.411 e. The second-order valence-corrected chi connectivity index (χ2v) is 5.67. The normalized spacial score (nSPS) is 12.0. The zero-order chi connectivity index (χ0) is 16.4. The molecule has 0 aromatic carbocycles. The van der Waals surface area contributed by atoms with Gasteiger partial charge in [0.15, 0.2) is 5.96 Å². The van der Waals surface area contributed by atoms with Gasteiger partial charge in [0, 0.05) is 24.6 Å². The first kappa shape index (κ1) is 22.4. The first-order valence-corrected chi connectivity index (χ1v) is 8.00. The van der Waals surface area contributed by atoms with Crippen molar-refractivity contribution in [2.75, 3.05) is 26.3 Å². The maximum absolute atomic E-state index is 11.9. The van der Waals surface area contributed by atoms with Gasteiger partial charge in [-0.25, -0.2) is 4.99 Å². The van der Waals surface area contributed by atoms with Crippen LogP contribution < -0.4 is 10.6 Å². The highest BCUT2D eigenvalue weighted by molar-refractivity contribution is 14.0. The molecule has 1 aromatic rings. The lowest BCUT2D eigenvalue weighted by Gasteiger charge is -2.12. The van der Waals surface area contributed by atoms with E-state index < -0.39 is 12.8 Å².